The molecule has 0 aliphatic rings. The van der Waals surface area contributed by atoms with Gasteiger partial charge in [0.2, 0.25) is 0 Å². The summed E-state index contributed by atoms with van der Waals surface area (Å²) in [6.07, 6.45) is 4.00. The highest BCUT2D eigenvalue weighted by Crippen LogP contribution is 2.47. The van der Waals surface area contributed by atoms with Gasteiger partial charge in [-0.3, -0.25) is 0 Å². The molecule has 110 valence electrons. The van der Waals surface area contributed by atoms with Crippen LogP contribution in [0.5, 0.6) is 0 Å². The van der Waals surface area contributed by atoms with E-state index in [4.69, 9.17) is 0 Å². The molecule has 0 N–H and O–H groups in total. The van der Waals surface area contributed by atoms with Crippen molar-refractivity contribution in [2.24, 2.45) is 35.0 Å². The van der Waals surface area contributed by atoms with Gasteiger partial charge in [0.25, 0.3) is 0 Å². The van der Waals surface area contributed by atoms with E-state index in [9.17, 15) is 0 Å². The molecule has 0 heteroatoms. The van der Waals surface area contributed by atoms with Gasteiger partial charge in [-0.25, -0.2) is 0 Å². The molecule has 0 rings (SSSR count). The fraction of sp³-hybridized carbons (Fsp3) is 1.00. The Morgan fingerprint density at radius 2 is 1.33 bits per heavy atom. The van der Waals surface area contributed by atoms with Gasteiger partial charge in [0.15, 0.2) is 0 Å². The van der Waals surface area contributed by atoms with E-state index < -0.39 is 0 Å². The highest BCUT2D eigenvalue weighted by molar-refractivity contribution is 4.88. The van der Waals surface area contributed by atoms with Crippen molar-refractivity contribution in [2.75, 3.05) is 0 Å². The van der Waals surface area contributed by atoms with E-state index in [1.807, 2.05) is 0 Å². The van der Waals surface area contributed by atoms with E-state index in [2.05, 4.69) is 62.3 Å². The minimum Gasteiger partial charge on any atom is -0.0654 e. The SMILES string of the molecule is CCCC(C)(C(C)CC)C(C)C(C)C(C)C(C)C. The lowest BCUT2D eigenvalue weighted by Crippen LogP contribution is -2.38. The van der Waals surface area contributed by atoms with Gasteiger partial charge >= 0.3 is 0 Å². The first-order chi connectivity index (χ1) is 8.22. The largest absolute Gasteiger partial charge is 0.0654 e. The zero-order chi connectivity index (χ0) is 14.5. The smallest absolute Gasteiger partial charge is 0.0272 e. The fourth-order valence-electron chi connectivity index (χ4n) is 3.59. The Bertz CT molecular complexity index is 218. The summed E-state index contributed by atoms with van der Waals surface area (Å²) in [7, 11) is 0. The van der Waals surface area contributed by atoms with Crippen molar-refractivity contribution in [3.8, 4) is 0 Å². The molecular weight excluding hydrogens is 216 g/mol. The Morgan fingerprint density at radius 1 is 0.833 bits per heavy atom. The molecule has 0 aliphatic heterocycles. The van der Waals surface area contributed by atoms with Crippen LogP contribution in [0.15, 0.2) is 0 Å². The molecule has 0 aliphatic carbocycles. The summed E-state index contributed by atoms with van der Waals surface area (Å²) in [4.78, 5) is 0. The van der Waals surface area contributed by atoms with Crippen molar-refractivity contribution in [1.82, 2.24) is 0 Å². The van der Waals surface area contributed by atoms with E-state index in [-0.39, 0.29) is 0 Å². The van der Waals surface area contributed by atoms with Crippen LogP contribution in [0.3, 0.4) is 0 Å². The number of rotatable bonds is 8. The van der Waals surface area contributed by atoms with Gasteiger partial charge < -0.3 is 0 Å². The van der Waals surface area contributed by atoms with Crippen LogP contribution in [0.25, 0.3) is 0 Å². The molecule has 0 nitrogen and oxygen atoms in total. The molecule has 0 heterocycles. The molecule has 18 heavy (non-hydrogen) atoms. The average Bonchev–Trinajstić information content (AvgIpc) is 2.34. The maximum atomic E-state index is 2.54. The van der Waals surface area contributed by atoms with Crippen LogP contribution >= 0.6 is 0 Å². The summed E-state index contributed by atoms with van der Waals surface area (Å²) in [5.74, 6) is 4.07. The number of hydrogen-bond donors (Lipinski definition) is 0. The van der Waals surface area contributed by atoms with Crippen LogP contribution in [0.4, 0.5) is 0 Å². The van der Waals surface area contributed by atoms with Gasteiger partial charge in [0, 0.05) is 0 Å². The lowest BCUT2D eigenvalue weighted by molar-refractivity contribution is 0.0341. The summed E-state index contributed by atoms with van der Waals surface area (Å²) < 4.78 is 0. The van der Waals surface area contributed by atoms with Gasteiger partial charge in [0.05, 0.1) is 0 Å². The third-order valence-corrected chi connectivity index (χ3v) is 6.24. The molecule has 0 radical (unpaired) electrons. The maximum absolute atomic E-state index is 2.54. The zero-order valence-electron chi connectivity index (χ0n) is 14.5. The van der Waals surface area contributed by atoms with Gasteiger partial charge in [-0.1, -0.05) is 75.2 Å². The van der Waals surface area contributed by atoms with Gasteiger partial charge in [-0.15, -0.1) is 0 Å². The van der Waals surface area contributed by atoms with Crippen LogP contribution in [-0.2, 0) is 0 Å². The van der Waals surface area contributed by atoms with E-state index in [0.29, 0.717) is 5.41 Å². The molecule has 0 saturated carbocycles. The third-order valence-electron chi connectivity index (χ3n) is 6.24. The monoisotopic (exact) mass is 254 g/mol. The van der Waals surface area contributed by atoms with E-state index in [1.165, 1.54) is 19.3 Å². The van der Waals surface area contributed by atoms with Crippen molar-refractivity contribution in [3.63, 3.8) is 0 Å². The average molecular weight is 255 g/mol. The lowest BCUT2D eigenvalue weighted by Gasteiger charge is -2.46. The second kappa shape index (κ2) is 7.56. The normalized spacial score (nSPS) is 22.3. The number of hydrogen-bond acceptors (Lipinski definition) is 0. The van der Waals surface area contributed by atoms with E-state index in [0.717, 1.165) is 29.6 Å². The summed E-state index contributed by atoms with van der Waals surface area (Å²) in [6.45, 7) is 21.8. The predicted octanol–water partition coefficient (Wildman–Crippen LogP) is 6.40. The molecule has 0 spiro atoms. The van der Waals surface area contributed by atoms with Crippen molar-refractivity contribution < 1.29 is 0 Å². The summed E-state index contributed by atoms with van der Waals surface area (Å²) in [5.41, 5.74) is 0.506. The standard InChI is InChI=1S/C18H38/c1-10-12-18(9,14(5)11-2)17(8)16(7)15(6)13(3)4/h13-17H,10-12H2,1-9H3. The lowest BCUT2D eigenvalue weighted by atomic mass is 9.59. The molecule has 0 fully saturated rings. The Hall–Kier alpha value is 0. The van der Waals surface area contributed by atoms with Crippen LogP contribution in [0.1, 0.15) is 81.6 Å². The molecule has 0 bridgehead atoms. The highest BCUT2D eigenvalue weighted by Gasteiger charge is 2.39. The van der Waals surface area contributed by atoms with Gasteiger partial charge in [0.1, 0.15) is 0 Å². The fourth-order valence-corrected chi connectivity index (χ4v) is 3.59. The molecule has 0 amide bonds. The van der Waals surface area contributed by atoms with Crippen LogP contribution in [0.2, 0.25) is 0 Å². The first kappa shape index (κ1) is 18.0. The quantitative estimate of drug-likeness (QED) is 0.470. The first-order valence-electron chi connectivity index (χ1n) is 8.22. The maximum Gasteiger partial charge on any atom is -0.0272 e. The van der Waals surface area contributed by atoms with E-state index in [1.54, 1.807) is 0 Å². The molecule has 5 atom stereocenters. The van der Waals surface area contributed by atoms with Crippen molar-refractivity contribution in [3.05, 3.63) is 0 Å². The molecular formula is C18H38. The van der Waals surface area contributed by atoms with Crippen LogP contribution in [0, 0.1) is 35.0 Å². The van der Waals surface area contributed by atoms with Crippen molar-refractivity contribution in [2.45, 2.75) is 81.6 Å². The Labute approximate surface area is 117 Å². The van der Waals surface area contributed by atoms with Crippen molar-refractivity contribution >= 4 is 0 Å². The molecule has 0 aromatic heterocycles. The first-order valence-corrected chi connectivity index (χ1v) is 8.22. The third kappa shape index (κ3) is 4.00. The molecule has 5 unspecified atom stereocenters. The van der Waals surface area contributed by atoms with Gasteiger partial charge in [-0.2, -0.15) is 0 Å². The van der Waals surface area contributed by atoms with Crippen molar-refractivity contribution in [1.29, 1.82) is 0 Å². The van der Waals surface area contributed by atoms with Crippen LogP contribution in [-0.4, -0.2) is 0 Å². The highest BCUT2D eigenvalue weighted by atomic mass is 14.4. The second-order valence-electron chi connectivity index (χ2n) is 7.32. The Morgan fingerprint density at radius 3 is 1.67 bits per heavy atom. The van der Waals surface area contributed by atoms with Crippen LogP contribution < -0.4 is 0 Å². The van der Waals surface area contributed by atoms with Gasteiger partial charge in [-0.05, 0) is 41.4 Å². The molecule has 0 aromatic carbocycles. The Kier molecular flexibility index (Phi) is 7.56. The minimum atomic E-state index is 0.506. The zero-order valence-corrected chi connectivity index (χ0v) is 14.5. The summed E-state index contributed by atoms with van der Waals surface area (Å²) in [6, 6.07) is 0. The molecule has 0 saturated heterocycles. The summed E-state index contributed by atoms with van der Waals surface area (Å²) >= 11 is 0. The predicted molar refractivity (Wildman–Crippen MR) is 84.8 cm³/mol. The van der Waals surface area contributed by atoms with E-state index >= 15 is 0 Å². The minimum absolute atomic E-state index is 0.506. The Balaban J connectivity index is 5.01. The molecule has 0 aromatic rings. The topological polar surface area (TPSA) is 0 Å². The second-order valence-corrected chi connectivity index (χ2v) is 7.32. The summed E-state index contributed by atoms with van der Waals surface area (Å²) in [5, 5.41) is 0.